The van der Waals surface area contributed by atoms with Crippen LogP contribution < -0.4 is 10.2 Å². The quantitative estimate of drug-likeness (QED) is 0.363. The maximum Gasteiger partial charge on any atom is 0.416 e. The minimum atomic E-state index is -4.33. The Labute approximate surface area is 196 Å². The fourth-order valence-electron chi connectivity index (χ4n) is 4.05. The molecule has 2 aliphatic rings. The third-order valence-electron chi connectivity index (χ3n) is 5.67. The molecule has 4 rings (SSSR count). The summed E-state index contributed by atoms with van der Waals surface area (Å²) in [6.07, 6.45) is -1.06. The maximum absolute atomic E-state index is 13.0. The van der Waals surface area contributed by atoms with Gasteiger partial charge in [0, 0.05) is 51.9 Å². The number of halogens is 4. The van der Waals surface area contributed by atoms with Crippen LogP contribution in [0.5, 0.6) is 0 Å². The first-order valence-corrected chi connectivity index (χ1v) is 10.2. The summed E-state index contributed by atoms with van der Waals surface area (Å²) in [5.41, 5.74) is -0.0148. The number of nitrogens with one attached hydrogen (secondary N) is 1. The van der Waals surface area contributed by atoms with Gasteiger partial charge < -0.3 is 19.7 Å². The highest BCUT2D eigenvalue weighted by Gasteiger charge is 2.31. The largest absolute Gasteiger partial charge is 0.416 e. The minimum Gasteiger partial charge on any atom is -0.368 e. The summed E-state index contributed by atoms with van der Waals surface area (Å²) in [5.74, 6) is 2.73. The third kappa shape index (κ3) is 5.42. The third-order valence-corrected chi connectivity index (χ3v) is 5.67. The van der Waals surface area contributed by atoms with E-state index in [1.54, 1.807) is 13.1 Å². The Morgan fingerprint density at radius 2 is 1.87 bits per heavy atom. The number of hydrogen-bond donors (Lipinski definition) is 1. The summed E-state index contributed by atoms with van der Waals surface area (Å²) in [6, 6.07) is 5.52. The second-order valence-corrected chi connectivity index (χ2v) is 7.56. The molecule has 0 radical (unpaired) electrons. The van der Waals surface area contributed by atoms with Gasteiger partial charge in [0.1, 0.15) is 5.82 Å². The van der Waals surface area contributed by atoms with Gasteiger partial charge in [-0.05, 0) is 31.0 Å². The molecule has 3 heterocycles. The summed E-state index contributed by atoms with van der Waals surface area (Å²) >= 11 is 0. The predicted octanol–water partition coefficient (Wildman–Crippen LogP) is 3.15. The zero-order chi connectivity index (χ0) is 21.1. The molecule has 7 nitrogen and oxygen atoms in total. The Morgan fingerprint density at radius 3 is 2.58 bits per heavy atom. The van der Waals surface area contributed by atoms with Crippen molar-refractivity contribution in [3.05, 3.63) is 41.5 Å². The van der Waals surface area contributed by atoms with E-state index in [1.165, 1.54) is 12.1 Å². The van der Waals surface area contributed by atoms with Crippen LogP contribution in [0.15, 0.2) is 29.3 Å². The van der Waals surface area contributed by atoms with E-state index in [0.29, 0.717) is 38.4 Å². The van der Waals surface area contributed by atoms with Gasteiger partial charge in [0.25, 0.3) is 0 Å². The van der Waals surface area contributed by atoms with Crippen LogP contribution >= 0.6 is 24.0 Å². The standard InChI is InChI=1S/C20H26F3N7.HI/c1-24-19(25-14-18-27-26-17-7-2-3-8-30(17)18)29-11-9-28(10-12-29)16-6-4-5-15(13-16)20(21,22)23;/h4-6,13H,2-3,7-12,14H2,1H3,(H,24,25);1H. The van der Waals surface area contributed by atoms with Gasteiger partial charge >= 0.3 is 6.18 Å². The van der Waals surface area contributed by atoms with Gasteiger partial charge in [-0.25, -0.2) is 0 Å². The van der Waals surface area contributed by atoms with Crippen LogP contribution in [0.25, 0.3) is 0 Å². The predicted molar refractivity (Wildman–Crippen MR) is 124 cm³/mol. The van der Waals surface area contributed by atoms with Gasteiger partial charge in [-0.15, -0.1) is 34.2 Å². The number of benzene rings is 1. The first kappa shape index (κ1) is 23.6. The lowest BCUT2D eigenvalue weighted by Crippen LogP contribution is -2.52. The van der Waals surface area contributed by atoms with E-state index in [-0.39, 0.29) is 24.0 Å². The van der Waals surface area contributed by atoms with E-state index < -0.39 is 11.7 Å². The highest BCUT2D eigenvalue weighted by Crippen LogP contribution is 2.31. The SMILES string of the molecule is CN=C(NCc1nnc2n1CCCC2)N1CCN(c2cccc(C(F)(F)F)c2)CC1.I. The van der Waals surface area contributed by atoms with Crippen molar-refractivity contribution >= 4 is 35.6 Å². The molecule has 0 bridgehead atoms. The molecule has 1 N–H and O–H groups in total. The molecule has 0 aliphatic carbocycles. The molecule has 0 spiro atoms. The van der Waals surface area contributed by atoms with E-state index in [4.69, 9.17) is 0 Å². The smallest absolute Gasteiger partial charge is 0.368 e. The highest BCUT2D eigenvalue weighted by atomic mass is 127. The number of aliphatic imine (C=N–C) groups is 1. The average molecular weight is 549 g/mol. The molecule has 0 saturated carbocycles. The van der Waals surface area contributed by atoms with Crippen LogP contribution in [0.3, 0.4) is 0 Å². The zero-order valence-corrected chi connectivity index (χ0v) is 19.7. The normalized spacial score (nSPS) is 17.2. The molecule has 0 unspecified atom stereocenters. The van der Waals surface area contributed by atoms with E-state index in [9.17, 15) is 13.2 Å². The minimum absolute atomic E-state index is 0. The Balaban J connectivity index is 0.00000272. The summed E-state index contributed by atoms with van der Waals surface area (Å²) in [5, 5.41) is 11.9. The molecule has 31 heavy (non-hydrogen) atoms. The van der Waals surface area contributed by atoms with Crippen LogP contribution in [-0.4, -0.2) is 58.9 Å². The van der Waals surface area contributed by atoms with Crippen molar-refractivity contribution in [3.8, 4) is 0 Å². The lowest BCUT2D eigenvalue weighted by molar-refractivity contribution is -0.137. The number of piperazine rings is 1. The summed E-state index contributed by atoms with van der Waals surface area (Å²) in [4.78, 5) is 8.48. The topological polar surface area (TPSA) is 61.6 Å². The molecule has 1 aromatic carbocycles. The van der Waals surface area contributed by atoms with Gasteiger partial charge in [-0.2, -0.15) is 13.2 Å². The first-order valence-electron chi connectivity index (χ1n) is 10.2. The van der Waals surface area contributed by atoms with Crippen molar-refractivity contribution in [1.82, 2.24) is 25.0 Å². The lowest BCUT2D eigenvalue weighted by atomic mass is 10.1. The number of aryl methyl sites for hydroxylation is 1. The van der Waals surface area contributed by atoms with Crippen LogP contribution in [0.4, 0.5) is 18.9 Å². The molecule has 11 heteroatoms. The highest BCUT2D eigenvalue weighted by molar-refractivity contribution is 14.0. The molecule has 1 fully saturated rings. The van der Waals surface area contributed by atoms with Crippen molar-refractivity contribution < 1.29 is 13.2 Å². The maximum atomic E-state index is 13.0. The Hall–Kier alpha value is -2.05. The van der Waals surface area contributed by atoms with E-state index >= 15 is 0 Å². The molecular formula is C20H27F3IN7. The van der Waals surface area contributed by atoms with Gasteiger partial charge in [-0.3, -0.25) is 4.99 Å². The summed E-state index contributed by atoms with van der Waals surface area (Å²) < 4.78 is 41.2. The van der Waals surface area contributed by atoms with Crippen molar-refractivity contribution in [1.29, 1.82) is 0 Å². The first-order chi connectivity index (χ1) is 14.5. The molecule has 0 atom stereocenters. The molecule has 2 aromatic rings. The molecule has 1 aromatic heterocycles. The molecule has 0 amide bonds. The number of aromatic nitrogens is 3. The monoisotopic (exact) mass is 549 g/mol. The van der Waals surface area contributed by atoms with Gasteiger partial charge in [0.2, 0.25) is 0 Å². The summed E-state index contributed by atoms with van der Waals surface area (Å²) in [6.45, 7) is 4.10. The van der Waals surface area contributed by atoms with Crippen molar-refractivity contribution in [2.75, 3.05) is 38.1 Å². The van der Waals surface area contributed by atoms with Gasteiger partial charge in [-0.1, -0.05) is 6.07 Å². The van der Waals surface area contributed by atoms with E-state index in [2.05, 4.69) is 30.0 Å². The molecule has 1 saturated heterocycles. The second kappa shape index (κ2) is 10.0. The second-order valence-electron chi connectivity index (χ2n) is 7.56. The Kier molecular flexibility index (Phi) is 7.65. The molecule has 170 valence electrons. The number of hydrogen-bond acceptors (Lipinski definition) is 4. The van der Waals surface area contributed by atoms with E-state index in [0.717, 1.165) is 49.5 Å². The van der Waals surface area contributed by atoms with Gasteiger partial charge in [0.15, 0.2) is 11.8 Å². The Morgan fingerprint density at radius 1 is 1.10 bits per heavy atom. The molecule has 2 aliphatic heterocycles. The van der Waals surface area contributed by atoms with Crippen molar-refractivity contribution in [3.63, 3.8) is 0 Å². The van der Waals surface area contributed by atoms with E-state index in [1.807, 2.05) is 4.90 Å². The number of fused-ring (bicyclic) bond motifs is 1. The number of alkyl halides is 3. The number of nitrogens with zero attached hydrogens (tertiary/aromatic N) is 6. The average Bonchev–Trinajstić information content (AvgIpc) is 3.17. The number of anilines is 1. The van der Waals surface area contributed by atoms with Crippen LogP contribution in [0, 0.1) is 0 Å². The van der Waals surface area contributed by atoms with Gasteiger partial charge in [0.05, 0.1) is 12.1 Å². The van der Waals surface area contributed by atoms with Crippen LogP contribution in [0.1, 0.15) is 30.1 Å². The summed E-state index contributed by atoms with van der Waals surface area (Å²) in [7, 11) is 1.74. The fourth-order valence-corrected chi connectivity index (χ4v) is 4.05. The Bertz CT molecular complexity index is 904. The van der Waals surface area contributed by atoms with Crippen LogP contribution in [0.2, 0.25) is 0 Å². The zero-order valence-electron chi connectivity index (χ0n) is 17.4. The van der Waals surface area contributed by atoms with Crippen molar-refractivity contribution in [2.24, 2.45) is 4.99 Å². The number of rotatable bonds is 3. The van der Waals surface area contributed by atoms with Crippen molar-refractivity contribution in [2.45, 2.75) is 38.5 Å². The van der Waals surface area contributed by atoms with Crippen LogP contribution in [-0.2, 0) is 25.7 Å². The number of guanidine groups is 1. The molecular weight excluding hydrogens is 522 g/mol. The lowest BCUT2D eigenvalue weighted by Gasteiger charge is -2.37. The fraction of sp³-hybridized carbons (Fsp3) is 0.550.